The van der Waals surface area contributed by atoms with Crippen molar-refractivity contribution in [3.05, 3.63) is 58.1 Å². The lowest BCUT2D eigenvalue weighted by Gasteiger charge is -2.17. The van der Waals surface area contributed by atoms with Gasteiger partial charge in [0.1, 0.15) is 5.75 Å². The summed E-state index contributed by atoms with van der Waals surface area (Å²) in [5.74, 6) is -0.223. The quantitative estimate of drug-likeness (QED) is 0.770. The smallest absolute Gasteiger partial charge is 0.265 e. The molecule has 0 saturated heterocycles. The third kappa shape index (κ3) is 4.68. The molecular weight excluding hydrogens is 375 g/mol. The molecule has 3 rings (SSSR count). The fourth-order valence-corrected chi connectivity index (χ4v) is 2.78. The first-order chi connectivity index (χ1) is 12.4. The lowest BCUT2D eigenvalue weighted by molar-refractivity contribution is -0.122. The van der Waals surface area contributed by atoms with Gasteiger partial charge in [-0.3, -0.25) is 9.59 Å². The van der Waals surface area contributed by atoms with Gasteiger partial charge in [0.05, 0.1) is 16.3 Å². The van der Waals surface area contributed by atoms with E-state index in [2.05, 4.69) is 10.6 Å². The van der Waals surface area contributed by atoms with Crippen LogP contribution in [0.15, 0.2) is 42.5 Å². The van der Waals surface area contributed by atoms with Crippen LogP contribution in [0.5, 0.6) is 5.75 Å². The van der Waals surface area contributed by atoms with E-state index in [-0.39, 0.29) is 17.9 Å². The molecule has 5 nitrogen and oxygen atoms in total. The highest BCUT2D eigenvalue weighted by atomic mass is 35.5. The number of rotatable bonds is 6. The van der Waals surface area contributed by atoms with Gasteiger partial charge in [0.15, 0.2) is 6.10 Å². The van der Waals surface area contributed by atoms with Crippen molar-refractivity contribution in [3.8, 4) is 5.75 Å². The molecule has 0 spiro atoms. The van der Waals surface area contributed by atoms with Crippen LogP contribution >= 0.6 is 23.2 Å². The summed E-state index contributed by atoms with van der Waals surface area (Å²) in [5.41, 5.74) is 0.859. The van der Waals surface area contributed by atoms with Crippen LogP contribution in [0.25, 0.3) is 0 Å². The van der Waals surface area contributed by atoms with Crippen LogP contribution in [-0.4, -0.2) is 24.0 Å². The van der Waals surface area contributed by atoms with Gasteiger partial charge in [-0.2, -0.15) is 0 Å². The van der Waals surface area contributed by atoms with Gasteiger partial charge in [0, 0.05) is 11.1 Å². The van der Waals surface area contributed by atoms with Crippen LogP contribution in [0.3, 0.4) is 0 Å². The van der Waals surface area contributed by atoms with E-state index in [0.717, 1.165) is 12.8 Å². The number of hydrogen-bond donors (Lipinski definition) is 2. The van der Waals surface area contributed by atoms with E-state index < -0.39 is 6.10 Å². The molecule has 1 aliphatic carbocycles. The SMILES string of the molecule is CC(Oc1ccc(Cl)cc1Cl)C(=O)Nc1ccccc1C(=O)NC1CC1. The number of anilines is 1. The third-order valence-corrected chi connectivity index (χ3v) is 4.44. The van der Waals surface area contributed by atoms with Crippen molar-refractivity contribution in [1.82, 2.24) is 5.32 Å². The highest BCUT2D eigenvalue weighted by Crippen LogP contribution is 2.28. The van der Waals surface area contributed by atoms with Crippen LogP contribution in [-0.2, 0) is 4.79 Å². The van der Waals surface area contributed by atoms with E-state index in [1.54, 1.807) is 49.4 Å². The molecule has 7 heteroatoms. The van der Waals surface area contributed by atoms with Crippen molar-refractivity contribution in [3.63, 3.8) is 0 Å². The molecule has 1 unspecified atom stereocenters. The molecule has 2 N–H and O–H groups in total. The second kappa shape index (κ2) is 7.98. The van der Waals surface area contributed by atoms with E-state index in [1.807, 2.05) is 0 Å². The zero-order valence-electron chi connectivity index (χ0n) is 14.1. The Bertz CT molecular complexity index is 837. The number of para-hydroxylation sites is 1. The minimum atomic E-state index is -0.812. The Morgan fingerprint density at radius 2 is 1.88 bits per heavy atom. The largest absolute Gasteiger partial charge is 0.479 e. The number of halogens is 2. The highest BCUT2D eigenvalue weighted by Gasteiger charge is 2.25. The van der Waals surface area contributed by atoms with E-state index in [4.69, 9.17) is 27.9 Å². The van der Waals surface area contributed by atoms with Crippen LogP contribution in [0.1, 0.15) is 30.1 Å². The molecule has 0 radical (unpaired) electrons. The minimum absolute atomic E-state index is 0.197. The maximum Gasteiger partial charge on any atom is 0.265 e. The molecule has 1 fully saturated rings. The molecule has 0 bridgehead atoms. The topological polar surface area (TPSA) is 67.4 Å². The van der Waals surface area contributed by atoms with Gasteiger partial charge in [-0.1, -0.05) is 35.3 Å². The third-order valence-electron chi connectivity index (χ3n) is 3.91. The van der Waals surface area contributed by atoms with Gasteiger partial charge in [0.2, 0.25) is 0 Å². The van der Waals surface area contributed by atoms with Crippen molar-refractivity contribution in [1.29, 1.82) is 0 Å². The fraction of sp³-hybridized carbons (Fsp3) is 0.263. The molecule has 0 aliphatic heterocycles. The molecule has 2 aromatic rings. The van der Waals surface area contributed by atoms with Crippen molar-refractivity contribution >= 4 is 40.7 Å². The van der Waals surface area contributed by atoms with Crippen LogP contribution in [0.4, 0.5) is 5.69 Å². The van der Waals surface area contributed by atoms with Crippen LogP contribution in [0, 0.1) is 0 Å². The average Bonchev–Trinajstić information content (AvgIpc) is 3.41. The first kappa shape index (κ1) is 18.5. The zero-order chi connectivity index (χ0) is 18.7. The first-order valence-electron chi connectivity index (χ1n) is 8.26. The van der Waals surface area contributed by atoms with E-state index in [1.165, 1.54) is 0 Å². The molecule has 1 saturated carbocycles. The van der Waals surface area contributed by atoms with Crippen molar-refractivity contribution in [2.24, 2.45) is 0 Å². The summed E-state index contributed by atoms with van der Waals surface area (Å²) in [6, 6.07) is 11.9. The summed E-state index contributed by atoms with van der Waals surface area (Å²) in [6.45, 7) is 1.60. The number of hydrogen-bond acceptors (Lipinski definition) is 3. The molecule has 26 heavy (non-hydrogen) atoms. The molecular formula is C19H18Cl2N2O3. The average molecular weight is 393 g/mol. The van der Waals surface area contributed by atoms with E-state index in [9.17, 15) is 9.59 Å². The summed E-state index contributed by atoms with van der Waals surface area (Å²) in [6.07, 6.45) is 1.17. The Hall–Kier alpha value is -2.24. The van der Waals surface area contributed by atoms with E-state index >= 15 is 0 Å². The normalized spacial score (nSPS) is 14.4. The summed E-state index contributed by atoms with van der Waals surface area (Å²) in [5, 5.41) is 6.46. The lowest BCUT2D eigenvalue weighted by Crippen LogP contribution is -2.32. The van der Waals surface area contributed by atoms with Gasteiger partial charge < -0.3 is 15.4 Å². The molecule has 136 valence electrons. The zero-order valence-corrected chi connectivity index (χ0v) is 15.6. The molecule has 2 aromatic carbocycles. The van der Waals surface area contributed by atoms with Crippen molar-refractivity contribution in [2.45, 2.75) is 31.9 Å². The monoisotopic (exact) mass is 392 g/mol. The first-order valence-corrected chi connectivity index (χ1v) is 9.02. The summed E-state index contributed by atoms with van der Waals surface area (Å²) in [4.78, 5) is 24.8. The highest BCUT2D eigenvalue weighted by molar-refractivity contribution is 6.35. The van der Waals surface area contributed by atoms with Crippen LogP contribution < -0.4 is 15.4 Å². The molecule has 2 amide bonds. The number of ether oxygens (including phenoxy) is 1. The molecule has 1 aliphatic rings. The summed E-state index contributed by atoms with van der Waals surface area (Å²) < 4.78 is 5.61. The number of carbonyl (C=O) groups is 2. The second-order valence-electron chi connectivity index (χ2n) is 6.12. The van der Waals surface area contributed by atoms with Crippen LogP contribution in [0.2, 0.25) is 10.0 Å². The molecule has 1 atom stereocenters. The van der Waals surface area contributed by atoms with Gasteiger partial charge in [-0.05, 0) is 50.1 Å². The predicted molar refractivity (Wildman–Crippen MR) is 102 cm³/mol. The van der Waals surface area contributed by atoms with Gasteiger partial charge >= 0.3 is 0 Å². The number of carbonyl (C=O) groups excluding carboxylic acids is 2. The Morgan fingerprint density at radius 1 is 1.15 bits per heavy atom. The Morgan fingerprint density at radius 3 is 2.58 bits per heavy atom. The minimum Gasteiger partial charge on any atom is -0.479 e. The number of amides is 2. The standard InChI is InChI=1S/C19H18Cl2N2O3/c1-11(26-17-9-6-12(20)10-15(17)21)18(24)23-16-5-3-2-4-14(16)19(25)22-13-7-8-13/h2-6,9-11,13H,7-8H2,1H3,(H,22,25)(H,23,24). The number of nitrogens with one attached hydrogen (secondary N) is 2. The van der Waals surface area contributed by atoms with Gasteiger partial charge in [-0.25, -0.2) is 0 Å². The van der Waals surface area contributed by atoms with Crippen molar-refractivity contribution < 1.29 is 14.3 Å². The van der Waals surface area contributed by atoms with E-state index in [0.29, 0.717) is 27.0 Å². The fourth-order valence-electron chi connectivity index (χ4n) is 2.33. The maximum atomic E-state index is 12.5. The second-order valence-corrected chi connectivity index (χ2v) is 6.96. The molecule has 0 aromatic heterocycles. The summed E-state index contributed by atoms with van der Waals surface area (Å²) >= 11 is 11.9. The predicted octanol–water partition coefficient (Wildman–Crippen LogP) is 4.29. The van der Waals surface area contributed by atoms with Crippen molar-refractivity contribution in [2.75, 3.05) is 5.32 Å². The Balaban J connectivity index is 1.68. The van der Waals surface area contributed by atoms with Gasteiger partial charge in [0.25, 0.3) is 11.8 Å². The molecule has 0 heterocycles. The lowest BCUT2D eigenvalue weighted by atomic mass is 10.1. The maximum absolute atomic E-state index is 12.5. The van der Waals surface area contributed by atoms with Gasteiger partial charge in [-0.15, -0.1) is 0 Å². The summed E-state index contributed by atoms with van der Waals surface area (Å²) in [7, 11) is 0. The Labute approximate surface area is 161 Å². The number of benzene rings is 2. The Kier molecular flexibility index (Phi) is 5.69.